The summed E-state index contributed by atoms with van der Waals surface area (Å²) < 4.78 is 2.21. The van der Waals surface area contributed by atoms with Crippen molar-refractivity contribution in [2.24, 2.45) is 0 Å². The van der Waals surface area contributed by atoms with Gasteiger partial charge in [-0.3, -0.25) is 14.5 Å². The van der Waals surface area contributed by atoms with E-state index in [1.54, 1.807) is 6.20 Å². The molecule has 0 atom stereocenters. The van der Waals surface area contributed by atoms with Crippen molar-refractivity contribution >= 4 is 32.8 Å². The number of fused-ring (bicyclic) bond motifs is 3. The second kappa shape index (κ2) is 35.8. The molecule has 0 amide bonds. The molecule has 19 rings (SSSR count). The fourth-order valence-corrected chi connectivity index (χ4v) is 11.9. The molecular formula is C97H72N10. The van der Waals surface area contributed by atoms with Crippen molar-refractivity contribution < 1.29 is 0 Å². The third-order valence-corrected chi connectivity index (χ3v) is 17.2. The first-order valence-electron chi connectivity index (χ1n) is 35.3. The summed E-state index contributed by atoms with van der Waals surface area (Å²) >= 11 is 0. The number of hydrogen-bond donors (Lipinski definition) is 0. The van der Waals surface area contributed by atoms with Crippen molar-refractivity contribution in [1.82, 2.24) is 49.4 Å². The fourth-order valence-electron chi connectivity index (χ4n) is 11.9. The number of benzene rings is 13. The van der Waals surface area contributed by atoms with Crippen molar-refractivity contribution in [3.8, 4) is 108 Å². The van der Waals surface area contributed by atoms with Crippen molar-refractivity contribution in [2.75, 3.05) is 0 Å². The maximum Gasteiger partial charge on any atom is 0.160 e. The van der Waals surface area contributed by atoms with E-state index in [-0.39, 0.29) is 0 Å². The Labute approximate surface area is 623 Å². The van der Waals surface area contributed by atoms with E-state index in [4.69, 9.17) is 24.9 Å². The average Bonchev–Trinajstić information content (AvgIpc) is 1.25. The van der Waals surface area contributed by atoms with E-state index in [9.17, 15) is 0 Å². The molecule has 10 nitrogen and oxygen atoms in total. The van der Waals surface area contributed by atoms with Gasteiger partial charge in [-0.2, -0.15) is 0 Å². The Balaban J connectivity index is 0.000000110. The van der Waals surface area contributed by atoms with Crippen LogP contribution in [-0.2, 0) is 0 Å². The maximum atomic E-state index is 4.82. The van der Waals surface area contributed by atoms with Gasteiger partial charge in [-0.15, -0.1) is 0 Å². The molecule has 0 saturated heterocycles. The van der Waals surface area contributed by atoms with Gasteiger partial charge in [0.05, 0.1) is 50.5 Å². The van der Waals surface area contributed by atoms with Gasteiger partial charge in [0.2, 0.25) is 0 Å². The number of hydrogen-bond acceptors (Lipinski definition) is 9. The zero-order chi connectivity index (χ0) is 72.3. The molecule has 0 aliphatic heterocycles. The Hall–Kier alpha value is -14.6. The number of aromatic nitrogens is 10. The van der Waals surface area contributed by atoms with Crippen LogP contribution in [0.15, 0.2) is 437 Å². The summed E-state index contributed by atoms with van der Waals surface area (Å²) in [6, 6.07) is 140. The molecule has 0 saturated carbocycles. The Morgan fingerprint density at radius 2 is 0.458 bits per heavy atom. The quantitative estimate of drug-likeness (QED) is 0.132. The van der Waals surface area contributed by atoms with Crippen molar-refractivity contribution in [2.45, 2.75) is 0 Å². The third kappa shape index (κ3) is 18.6. The number of imidazole rings is 1. The van der Waals surface area contributed by atoms with Crippen LogP contribution in [0.5, 0.6) is 0 Å². The van der Waals surface area contributed by atoms with Gasteiger partial charge in [-0.05, 0) is 66.7 Å². The summed E-state index contributed by atoms with van der Waals surface area (Å²) in [5.41, 5.74) is 19.8. The van der Waals surface area contributed by atoms with Gasteiger partial charge < -0.3 is 0 Å². The van der Waals surface area contributed by atoms with Crippen molar-refractivity contribution in [3.05, 3.63) is 437 Å². The predicted octanol–water partition coefficient (Wildman–Crippen LogP) is 23.9. The highest BCUT2D eigenvalue weighted by Gasteiger charge is 2.15. The van der Waals surface area contributed by atoms with Gasteiger partial charge in [0.15, 0.2) is 17.5 Å². The minimum atomic E-state index is 0.746. The first-order valence-corrected chi connectivity index (χ1v) is 35.3. The standard InChI is InChI=1S/2C22H16N2.C19H14N2.C16H12N2.2C9H7N/c2*1-4-10-17(11-5-1)20-16-21(18-12-6-2-7-13-18)24-22(23-20)19-14-8-3-9-15-19;1-3-9-15(10-4-1)19-20-17-13-7-8-14-18(17)21(19)16-11-5-2-6-12-16;1-3-7-13(8-4-1)15-11-12-17-16(18-15)14-9-5-2-6-10-14;2*1-2-6-9-8(4-1)5-3-7-10-9/h2*1-16H;1-14H;1-12H;2*1-7H. The minimum Gasteiger partial charge on any atom is -0.292 e. The molecule has 0 aliphatic rings. The lowest BCUT2D eigenvalue weighted by Crippen LogP contribution is -1.96. The molecule has 0 aliphatic carbocycles. The number of rotatable bonds is 10. The molecule has 0 radical (unpaired) electrons. The number of para-hydroxylation sites is 5. The van der Waals surface area contributed by atoms with Crippen LogP contribution in [0.25, 0.3) is 140 Å². The summed E-state index contributed by atoms with van der Waals surface area (Å²) in [7, 11) is 0. The average molecular weight is 1380 g/mol. The topological polar surface area (TPSA) is 121 Å². The van der Waals surface area contributed by atoms with Crippen LogP contribution in [0.4, 0.5) is 0 Å². The zero-order valence-corrected chi connectivity index (χ0v) is 58.5. The van der Waals surface area contributed by atoms with E-state index in [1.165, 1.54) is 10.8 Å². The molecule has 0 fully saturated rings. The molecule has 0 unspecified atom stereocenters. The van der Waals surface area contributed by atoms with E-state index in [0.717, 1.165) is 130 Å². The molecule has 0 bridgehead atoms. The Morgan fingerprint density at radius 3 is 0.832 bits per heavy atom. The monoisotopic (exact) mass is 1380 g/mol. The third-order valence-electron chi connectivity index (χ3n) is 17.2. The lowest BCUT2D eigenvalue weighted by atomic mass is 10.1. The molecule has 13 aromatic carbocycles. The van der Waals surface area contributed by atoms with Gasteiger partial charge in [0, 0.05) is 85.1 Å². The normalized spacial score (nSPS) is 10.4. The van der Waals surface area contributed by atoms with Crippen molar-refractivity contribution in [3.63, 3.8) is 0 Å². The Morgan fingerprint density at radius 1 is 0.178 bits per heavy atom. The molecule has 6 aromatic heterocycles. The van der Waals surface area contributed by atoms with Crippen LogP contribution >= 0.6 is 0 Å². The second-order valence-electron chi connectivity index (χ2n) is 24.5. The number of pyridine rings is 2. The van der Waals surface area contributed by atoms with Gasteiger partial charge in [-0.25, -0.2) is 34.9 Å². The second-order valence-corrected chi connectivity index (χ2v) is 24.5. The zero-order valence-electron chi connectivity index (χ0n) is 58.5. The van der Waals surface area contributed by atoms with E-state index in [1.807, 2.05) is 279 Å². The van der Waals surface area contributed by atoms with Crippen LogP contribution in [0, 0.1) is 0 Å². The summed E-state index contributed by atoms with van der Waals surface area (Å²) in [4.78, 5) is 41.3. The van der Waals surface area contributed by atoms with E-state index in [0.29, 0.717) is 0 Å². The largest absolute Gasteiger partial charge is 0.292 e. The molecular weight excluding hydrogens is 1310 g/mol. The summed E-state index contributed by atoms with van der Waals surface area (Å²) in [6.45, 7) is 0. The molecule has 0 N–H and O–H groups in total. The van der Waals surface area contributed by atoms with E-state index in [2.05, 4.69) is 176 Å². The molecule has 6 heterocycles. The highest BCUT2D eigenvalue weighted by Crippen LogP contribution is 2.32. The predicted molar refractivity (Wildman–Crippen MR) is 440 cm³/mol. The summed E-state index contributed by atoms with van der Waals surface area (Å²) in [6.07, 6.45) is 5.42. The van der Waals surface area contributed by atoms with E-state index < -0.39 is 0 Å². The van der Waals surface area contributed by atoms with Gasteiger partial charge in [-0.1, -0.05) is 352 Å². The molecule has 0 spiro atoms. The lowest BCUT2D eigenvalue weighted by molar-refractivity contribution is 1.10. The van der Waals surface area contributed by atoms with Gasteiger partial charge in [0.1, 0.15) is 5.82 Å². The van der Waals surface area contributed by atoms with Gasteiger partial charge >= 0.3 is 0 Å². The lowest BCUT2D eigenvalue weighted by Gasteiger charge is -2.09. The summed E-state index contributed by atoms with van der Waals surface area (Å²) in [5.74, 6) is 3.23. The van der Waals surface area contributed by atoms with Crippen LogP contribution in [0.1, 0.15) is 0 Å². The van der Waals surface area contributed by atoms with Crippen LogP contribution < -0.4 is 0 Å². The Bertz CT molecular complexity index is 5210. The number of nitrogens with zero attached hydrogens (tertiary/aromatic N) is 10. The first kappa shape index (κ1) is 69.5. The van der Waals surface area contributed by atoms with E-state index >= 15 is 0 Å². The fraction of sp³-hybridized carbons (Fsp3) is 0. The van der Waals surface area contributed by atoms with Crippen LogP contribution in [-0.4, -0.2) is 49.4 Å². The first-order chi connectivity index (χ1) is 53.1. The molecule has 107 heavy (non-hydrogen) atoms. The SMILES string of the molecule is c1ccc(-c2cc(-c3ccccc3)nc(-c3ccccc3)n2)cc1.c1ccc(-c2cc(-c3ccccc3)nc(-c3ccccc3)n2)cc1.c1ccc(-c2ccnc(-c3ccccc3)n2)cc1.c1ccc(-c2nc3ccccc3n2-c2ccccc2)cc1.c1ccc2ncccc2c1.c1ccc2ncccc2c1. The smallest absolute Gasteiger partial charge is 0.160 e. The minimum absolute atomic E-state index is 0.746. The highest BCUT2D eigenvalue weighted by molar-refractivity contribution is 5.84. The van der Waals surface area contributed by atoms with Crippen LogP contribution in [0.2, 0.25) is 0 Å². The van der Waals surface area contributed by atoms with Crippen molar-refractivity contribution in [1.29, 1.82) is 0 Å². The maximum absolute atomic E-state index is 4.82. The Kier molecular flexibility index (Phi) is 23.3. The summed E-state index contributed by atoms with van der Waals surface area (Å²) in [5, 5.41) is 2.40. The highest BCUT2D eigenvalue weighted by atomic mass is 15.1. The van der Waals surface area contributed by atoms with Gasteiger partial charge in [0.25, 0.3) is 0 Å². The van der Waals surface area contributed by atoms with Crippen LogP contribution in [0.3, 0.4) is 0 Å². The molecule has 19 aromatic rings. The molecule has 510 valence electrons. The molecule has 10 heteroatoms.